The molecule has 76 valence electrons. The number of carbonyl (C=O) groups is 2. The number of aliphatic hydroxyl groups excluding tert-OH is 1. The summed E-state index contributed by atoms with van der Waals surface area (Å²) in [7, 11) is 0. The van der Waals surface area contributed by atoms with Gasteiger partial charge in [-0.05, 0) is 19.8 Å². The fraction of sp³-hybridized carbons (Fsp3) is 0.750. The standard InChI is InChI=1S/C8H16N2O3/c1-6(7(9)12)8(13)10-4-2-3-5-11/h6,11H,2-5H2,1H3,(H2,9,12)(H,10,13). The number of nitrogens with one attached hydrogen (secondary N) is 1. The fourth-order valence-corrected chi connectivity index (χ4v) is 0.731. The number of carbonyl (C=O) groups excluding carboxylic acids is 2. The Labute approximate surface area is 77.3 Å². The van der Waals surface area contributed by atoms with E-state index in [1.807, 2.05) is 0 Å². The average Bonchev–Trinajstić information content (AvgIpc) is 2.10. The Balaban J connectivity index is 3.56. The molecule has 1 atom stereocenters. The zero-order valence-electron chi connectivity index (χ0n) is 7.75. The van der Waals surface area contributed by atoms with Crippen LogP contribution in [0, 0.1) is 5.92 Å². The number of primary amides is 1. The lowest BCUT2D eigenvalue weighted by Gasteiger charge is -2.07. The molecule has 4 N–H and O–H groups in total. The first-order valence-corrected chi connectivity index (χ1v) is 4.27. The molecule has 0 bridgehead atoms. The number of rotatable bonds is 6. The maximum atomic E-state index is 11.1. The van der Waals surface area contributed by atoms with Crippen molar-refractivity contribution in [1.29, 1.82) is 0 Å². The SMILES string of the molecule is CC(C(N)=O)C(=O)NCCCCO. The van der Waals surface area contributed by atoms with Gasteiger partial charge in [0.05, 0.1) is 0 Å². The number of amides is 2. The van der Waals surface area contributed by atoms with Crippen molar-refractivity contribution < 1.29 is 14.7 Å². The van der Waals surface area contributed by atoms with Crippen LogP contribution in [0.3, 0.4) is 0 Å². The van der Waals surface area contributed by atoms with Gasteiger partial charge in [0.2, 0.25) is 11.8 Å². The van der Waals surface area contributed by atoms with Gasteiger partial charge >= 0.3 is 0 Å². The summed E-state index contributed by atoms with van der Waals surface area (Å²) in [6.07, 6.45) is 1.35. The first-order chi connectivity index (χ1) is 6.09. The Kier molecular flexibility index (Phi) is 5.88. The number of aliphatic hydroxyl groups is 1. The number of unbranched alkanes of at least 4 members (excludes halogenated alkanes) is 1. The van der Waals surface area contributed by atoms with Crippen molar-refractivity contribution >= 4 is 11.8 Å². The van der Waals surface area contributed by atoms with Crippen LogP contribution in [-0.4, -0.2) is 30.1 Å². The molecule has 0 aliphatic rings. The minimum absolute atomic E-state index is 0.112. The molecule has 0 radical (unpaired) electrons. The van der Waals surface area contributed by atoms with Gasteiger partial charge in [0.1, 0.15) is 5.92 Å². The molecule has 5 nitrogen and oxygen atoms in total. The molecule has 5 heteroatoms. The van der Waals surface area contributed by atoms with Gasteiger partial charge < -0.3 is 16.2 Å². The quantitative estimate of drug-likeness (QED) is 0.368. The van der Waals surface area contributed by atoms with Crippen molar-refractivity contribution in [1.82, 2.24) is 5.32 Å². The van der Waals surface area contributed by atoms with Crippen LogP contribution < -0.4 is 11.1 Å². The molecule has 0 aromatic rings. The number of hydrogen-bond donors (Lipinski definition) is 3. The van der Waals surface area contributed by atoms with Gasteiger partial charge in [0.25, 0.3) is 0 Å². The highest BCUT2D eigenvalue weighted by Crippen LogP contribution is 1.93. The van der Waals surface area contributed by atoms with E-state index in [0.717, 1.165) is 0 Å². The Morgan fingerprint density at radius 2 is 2.08 bits per heavy atom. The molecule has 0 aliphatic heterocycles. The number of nitrogens with two attached hydrogens (primary N) is 1. The molecule has 0 heterocycles. The Morgan fingerprint density at radius 1 is 1.46 bits per heavy atom. The van der Waals surface area contributed by atoms with Crippen LogP contribution in [0.1, 0.15) is 19.8 Å². The van der Waals surface area contributed by atoms with Crippen molar-refractivity contribution in [2.45, 2.75) is 19.8 Å². The molecule has 0 rings (SSSR count). The maximum absolute atomic E-state index is 11.1. The van der Waals surface area contributed by atoms with Crippen molar-refractivity contribution in [2.24, 2.45) is 11.7 Å². The zero-order valence-corrected chi connectivity index (χ0v) is 7.75. The van der Waals surface area contributed by atoms with Crippen LogP contribution >= 0.6 is 0 Å². The lowest BCUT2D eigenvalue weighted by Crippen LogP contribution is -2.37. The predicted molar refractivity (Wildman–Crippen MR) is 47.7 cm³/mol. The van der Waals surface area contributed by atoms with Crippen LogP contribution in [-0.2, 0) is 9.59 Å². The summed E-state index contributed by atoms with van der Waals surface area (Å²) in [6, 6.07) is 0. The third kappa shape index (κ3) is 5.19. The second-order valence-corrected chi connectivity index (χ2v) is 2.85. The second-order valence-electron chi connectivity index (χ2n) is 2.85. The summed E-state index contributed by atoms with van der Waals surface area (Å²) in [4.78, 5) is 21.6. The van der Waals surface area contributed by atoms with Crippen LogP contribution in [0.25, 0.3) is 0 Å². The average molecular weight is 188 g/mol. The monoisotopic (exact) mass is 188 g/mol. The van der Waals surface area contributed by atoms with Crippen LogP contribution in [0.4, 0.5) is 0 Å². The van der Waals surface area contributed by atoms with E-state index in [2.05, 4.69) is 5.32 Å². The van der Waals surface area contributed by atoms with Crippen molar-refractivity contribution in [3.8, 4) is 0 Å². The van der Waals surface area contributed by atoms with Gasteiger partial charge in [-0.25, -0.2) is 0 Å². The third-order valence-corrected chi connectivity index (χ3v) is 1.70. The van der Waals surface area contributed by atoms with Gasteiger partial charge in [-0.15, -0.1) is 0 Å². The molecule has 0 saturated heterocycles. The van der Waals surface area contributed by atoms with Crippen LogP contribution in [0.2, 0.25) is 0 Å². The van der Waals surface area contributed by atoms with Gasteiger partial charge in [-0.2, -0.15) is 0 Å². The minimum Gasteiger partial charge on any atom is -0.396 e. The van der Waals surface area contributed by atoms with Gasteiger partial charge in [-0.1, -0.05) is 0 Å². The number of hydrogen-bond acceptors (Lipinski definition) is 3. The fourth-order valence-electron chi connectivity index (χ4n) is 0.731. The highest BCUT2D eigenvalue weighted by molar-refractivity contribution is 5.99. The topological polar surface area (TPSA) is 92.4 Å². The normalized spacial score (nSPS) is 12.2. The van der Waals surface area contributed by atoms with E-state index in [9.17, 15) is 9.59 Å². The predicted octanol–water partition coefficient (Wildman–Crippen LogP) is -1.00. The summed E-state index contributed by atoms with van der Waals surface area (Å²) < 4.78 is 0. The summed E-state index contributed by atoms with van der Waals surface area (Å²) in [5.41, 5.74) is 4.93. The van der Waals surface area contributed by atoms with E-state index in [4.69, 9.17) is 10.8 Å². The lowest BCUT2D eigenvalue weighted by molar-refractivity contribution is -0.132. The van der Waals surface area contributed by atoms with Crippen molar-refractivity contribution in [3.05, 3.63) is 0 Å². The molecule has 2 amide bonds. The first kappa shape index (κ1) is 11.9. The molecular formula is C8H16N2O3. The van der Waals surface area contributed by atoms with E-state index < -0.39 is 11.8 Å². The molecule has 0 spiro atoms. The molecule has 0 fully saturated rings. The summed E-state index contributed by atoms with van der Waals surface area (Å²) in [5.74, 6) is -1.76. The van der Waals surface area contributed by atoms with E-state index in [-0.39, 0.29) is 12.5 Å². The van der Waals surface area contributed by atoms with E-state index in [1.165, 1.54) is 6.92 Å². The zero-order chi connectivity index (χ0) is 10.3. The lowest BCUT2D eigenvalue weighted by atomic mass is 10.1. The van der Waals surface area contributed by atoms with Crippen LogP contribution in [0.5, 0.6) is 0 Å². The molecule has 0 aliphatic carbocycles. The molecule has 0 aromatic heterocycles. The van der Waals surface area contributed by atoms with Gasteiger partial charge in [-0.3, -0.25) is 9.59 Å². The molecule has 0 saturated carbocycles. The molecule has 1 unspecified atom stereocenters. The summed E-state index contributed by atoms with van der Waals surface area (Å²) in [6.45, 7) is 2.04. The van der Waals surface area contributed by atoms with E-state index in [0.29, 0.717) is 19.4 Å². The van der Waals surface area contributed by atoms with Crippen LogP contribution in [0.15, 0.2) is 0 Å². The Bertz CT molecular complexity index is 182. The van der Waals surface area contributed by atoms with Crippen molar-refractivity contribution in [2.75, 3.05) is 13.2 Å². The summed E-state index contributed by atoms with van der Waals surface area (Å²) >= 11 is 0. The molecule has 0 aromatic carbocycles. The smallest absolute Gasteiger partial charge is 0.232 e. The van der Waals surface area contributed by atoms with Crippen molar-refractivity contribution in [3.63, 3.8) is 0 Å². The highest BCUT2D eigenvalue weighted by atomic mass is 16.3. The largest absolute Gasteiger partial charge is 0.396 e. The van der Waals surface area contributed by atoms with E-state index in [1.54, 1.807) is 0 Å². The van der Waals surface area contributed by atoms with E-state index >= 15 is 0 Å². The second kappa shape index (κ2) is 6.42. The highest BCUT2D eigenvalue weighted by Gasteiger charge is 2.17. The van der Waals surface area contributed by atoms with Gasteiger partial charge in [0, 0.05) is 13.2 Å². The Morgan fingerprint density at radius 3 is 2.54 bits per heavy atom. The minimum atomic E-state index is -0.783. The summed E-state index contributed by atoms with van der Waals surface area (Å²) in [5, 5.41) is 11.0. The molecular weight excluding hydrogens is 172 g/mol. The maximum Gasteiger partial charge on any atom is 0.232 e. The first-order valence-electron chi connectivity index (χ1n) is 4.27. The molecule has 13 heavy (non-hydrogen) atoms. The van der Waals surface area contributed by atoms with Gasteiger partial charge in [0.15, 0.2) is 0 Å². The Hall–Kier alpha value is -1.10. The third-order valence-electron chi connectivity index (χ3n) is 1.70.